The van der Waals surface area contributed by atoms with Crippen LogP contribution in [0.25, 0.3) is 0 Å². The van der Waals surface area contributed by atoms with Gasteiger partial charge in [-0.2, -0.15) is 0 Å². The number of rotatable bonds is 3. The van der Waals surface area contributed by atoms with Gasteiger partial charge in [-0.3, -0.25) is 4.79 Å². The molecule has 1 fully saturated rings. The molecule has 3 N–H and O–H groups in total. The third kappa shape index (κ3) is 2.97. The lowest BCUT2D eigenvalue weighted by molar-refractivity contribution is -0.129. The molecule has 16 heavy (non-hydrogen) atoms. The molecule has 0 spiro atoms. The van der Waals surface area contributed by atoms with Crippen LogP contribution >= 0.6 is 39.7 Å². The van der Waals surface area contributed by atoms with E-state index in [1.165, 1.54) is 0 Å². The average molecular weight is 326 g/mol. The predicted molar refractivity (Wildman–Crippen MR) is 71.9 cm³/mol. The van der Waals surface area contributed by atoms with Crippen LogP contribution < -0.4 is 11.1 Å². The first kappa shape index (κ1) is 14.0. The minimum absolute atomic E-state index is 0. The molecule has 1 aliphatic carbocycles. The standard InChI is InChI=1S/C10H13BrN2OS.ClH/c11-7-4-8(15-6-7)5-13-9(14)10(12)2-1-3-10;/h4,6H,1-3,5,12H2,(H,13,14);1H. The van der Waals surface area contributed by atoms with Crippen molar-refractivity contribution in [2.45, 2.75) is 31.3 Å². The van der Waals surface area contributed by atoms with E-state index in [1.54, 1.807) is 11.3 Å². The van der Waals surface area contributed by atoms with Crippen molar-refractivity contribution in [1.29, 1.82) is 0 Å². The highest BCUT2D eigenvalue weighted by molar-refractivity contribution is 9.10. The Labute approximate surface area is 113 Å². The normalized spacial score (nSPS) is 17.1. The molecule has 0 aromatic carbocycles. The lowest BCUT2D eigenvalue weighted by Gasteiger charge is -2.36. The molecule has 0 bridgehead atoms. The van der Waals surface area contributed by atoms with E-state index in [1.807, 2.05) is 11.4 Å². The SMILES string of the molecule is Cl.NC1(C(=O)NCc2cc(Br)cs2)CCC1. The number of carbonyl (C=O) groups is 1. The molecule has 1 aromatic heterocycles. The second kappa shape index (κ2) is 5.49. The molecular weight excluding hydrogens is 312 g/mol. The summed E-state index contributed by atoms with van der Waals surface area (Å²) in [5.74, 6) is -0.0155. The van der Waals surface area contributed by atoms with Gasteiger partial charge in [0.15, 0.2) is 0 Å². The molecule has 1 aliphatic rings. The van der Waals surface area contributed by atoms with Gasteiger partial charge in [0.25, 0.3) is 0 Å². The number of amides is 1. The predicted octanol–water partition coefficient (Wildman–Crippen LogP) is 2.43. The maximum absolute atomic E-state index is 11.7. The number of nitrogens with one attached hydrogen (secondary N) is 1. The van der Waals surface area contributed by atoms with Gasteiger partial charge < -0.3 is 11.1 Å². The minimum Gasteiger partial charge on any atom is -0.350 e. The van der Waals surface area contributed by atoms with Gasteiger partial charge in [-0.15, -0.1) is 23.7 Å². The Morgan fingerprint density at radius 2 is 2.31 bits per heavy atom. The molecule has 90 valence electrons. The van der Waals surface area contributed by atoms with E-state index in [4.69, 9.17) is 5.73 Å². The zero-order chi connectivity index (χ0) is 10.9. The second-order valence-electron chi connectivity index (χ2n) is 3.92. The van der Waals surface area contributed by atoms with Gasteiger partial charge in [0.05, 0.1) is 12.1 Å². The van der Waals surface area contributed by atoms with E-state index in [-0.39, 0.29) is 18.3 Å². The smallest absolute Gasteiger partial charge is 0.240 e. The first-order valence-corrected chi connectivity index (χ1v) is 6.57. The summed E-state index contributed by atoms with van der Waals surface area (Å²) in [5, 5.41) is 4.88. The topological polar surface area (TPSA) is 55.1 Å². The van der Waals surface area contributed by atoms with Crippen molar-refractivity contribution in [2.24, 2.45) is 5.73 Å². The Balaban J connectivity index is 0.00000128. The van der Waals surface area contributed by atoms with Gasteiger partial charge in [-0.1, -0.05) is 0 Å². The highest BCUT2D eigenvalue weighted by Crippen LogP contribution is 2.29. The molecule has 0 radical (unpaired) electrons. The van der Waals surface area contributed by atoms with Crippen LogP contribution in [0.5, 0.6) is 0 Å². The summed E-state index contributed by atoms with van der Waals surface area (Å²) in [5.41, 5.74) is 5.31. The number of thiophene rings is 1. The van der Waals surface area contributed by atoms with Crippen molar-refractivity contribution in [3.8, 4) is 0 Å². The second-order valence-corrected chi connectivity index (χ2v) is 5.84. The van der Waals surface area contributed by atoms with Crippen LogP contribution in [0, 0.1) is 0 Å². The molecule has 1 amide bonds. The third-order valence-electron chi connectivity index (χ3n) is 2.74. The average Bonchev–Trinajstić information content (AvgIpc) is 2.57. The van der Waals surface area contributed by atoms with Gasteiger partial charge in [-0.05, 0) is 41.3 Å². The first-order chi connectivity index (χ1) is 7.10. The summed E-state index contributed by atoms with van der Waals surface area (Å²) in [6, 6.07) is 2.01. The molecule has 0 atom stereocenters. The third-order valence-corrected chi connectivity index (χ3v) is 4.44. The number of hydrogen-bond donors (Lipinski definition) is 2. The summed E-state index contributed by atoms with van der Waals surface area (Å²) in [6.07, 6.45) is 2.69. The van der Waals surface area contributed by atoms with Gasteiger partial charge in [-0.25, -0.2) is 0 Å². The Morgan fingerprint density at radius 3 is 2.75 bits per heavy atom. The van der Waals surface area contributed by atoms with Crippen LogP contribution in [0.1, 0.15) is 24.1 Å². The lowest BCUT2D eigenvalue weighted by Crippen LogP contribution is -2.58. The van der Waals surface area contributed by atoms with Crippen LogP contribution in [-0.4, -0.2) is 11.4 Å². The molecule has 0 aliphatic heterocycles. The summed E-state index contributed by atoms with van der Waals surface area (Å²) >= 11 is 5.00. The molecule has 1 heterocycles. The molecule has 1 saturated carbocycles. The van der Waals surface area contributed by atoms with Gasteiger partial charge in [0.1, 0.15) is 0 Å². The fourth-order valence-electron chi connectivity index (χ4n) is 1.57. The fraction of sp³-hybridized carbons (Fsp3) is 0.500. The number of halogens is 2. The number of carbonyl (C=O) groups excluding carboxylic acids is 1. The van der Waals surface area contributed by atoms with E-state index in [0.717, 1.165) is 28.6 Å². The molecule has 3 nitrogen and oxygen atoms in total. The van der Waals surface area contributed by atoms with Crippen LogP contribution in [0.3, 0.4) is 0 Å². The lowest BCUT2D eigenvalue weighted by atomic mass is 9.77. The van der Waals surface area contributed by atoms with Crippen molar-refractivity contribution >= 4 is 45.6 Å². The zero-order valence-electron chi connectivity index (χ0n) is 8.66. The summed E-state index contributed by atoms with van der Waals surface area (Å²) in [7, 11) is 0. The Hall–Kier alpha value is -0.100. The van der Waals surface area contributed by atoms with E-state index < -0.39 is 5.54 Å². The largest absolute Gasteiger partial charge is 0.350 e. The van der Waals surface area contributed by atoms with Crippen molar-refractivity contribution in [3.63, 3.8) is 0 Å². The van der Waals surface area contributed by atoms with Crippen LogP contribution in [0.15, 0.2) is 15.9 Å². The Morgan fingerprint density at radius 1 is 1.62 bits per heavy atom. The molecule has 6 heteroatoms. The number of nitrogens with two attached hydrogens (primary N) is 1. The summed E-state index contributed by atoms with van der Waals surface area (Å²) in [6.45, 7) is 0.577. The van der Waals surface area contributed by atoms with Crippen LogP contribution in [0.2, 0.25) is 0 Å². The highest BCUT2D eigenvalue weighted by Gasteiger charge is 2.39. The van der Waals surface area contributed by atoms with Crippen LogP contribution in [-0.2, 0) is 11.3 Å². The molecule has 0 unspecified atom stereocenters. The van der Waals surface area contributed by atoms with Gasteiger partial charge in [0.2, 0.25) is 5.91 Å². The quantitative estimate of drug-likeness (QED) is 0.897. The van der Waals surface area contributed by atoms with Crippen molar-refractivity contribution < 1.29 is 4.79 Å². The monoisotopic (exact) mass is 324 g/mol. The van der Waals surface area contributed by atoms with E-state index >= 15 is 0 Å². The number of hydrogen-bond acceptors (Lipinski definition) is 3. The maximum atomic E-state index is 11.7. The van der Waals surface area contributed by atoms with Crippen molar-refractivity contribution in [2.75, 3.05) is 0 Å². The van der Waals surface area contributed by atoms with Crippen molar-refractivity contribution in [1.82, 2.24) is 5.32 Å². The zero-order valence-corrected chi connectivity index (χ0v) is 11.9. The van der Waals surface area contributed by atoms with Crippen molar-refractivity contribution in [3.05, 3.63) is 20.8 Å². The van der Waals surface area contributed by atoms with Gasteiger partial charge in [0, 0.05) is 14.7 Å². The van der Waals surface area contributed by atoms with Gasteiger partial charge >= 0.3 is 0 Å². The first-order valence-electron chi connectivity index (χ1n) is 4.90. The van der Waals surface area contributed by atoms with Crippen LogP contribution in [0.4, 0.5) is 0 Å². The maximum Gasteiger partial charge on any atom is 0.240 e. The van der Waals surface area contributed by atoms with E-state index in [2.05, 4.69) is 21.2 Å². The summed E-state index contributed by atoms with van der Waals surface area (Å²) in [4.78, 5) is 12.8. The summed E-state index contributed by atoms with van der Waals surface area (Å²) < 4.78 is 1.06. The van der Waals surface area contributed by atoms with E-state index in [0.29, 0.717) is 6.54 Å². The molecule has 2 rings (SSSR count). The molecule has 1 aromatic rings. The Kier molecular flexibility index (Phi) is 4.79. The fourth-order valence-corrected chi connectivity index (χ4v) is 2.97. The Bertz CT molecular complexity index is 379. The minimum atomic E-state index is -0.589. The van der Waals surface area contributed by atoms with E-state index in [9.17, 15) is 4.79 Å². The highest BCUT2D eigenvalue weighted by atomic mass is 79.9. The molecule has 0 saturated heterocycles. The molecular formula is C10H14BrClN2OS.